The van der Waals surface area contributed by atoms with Gasteiger partial charge in [-0.3, -0.25) is 10.1 Å². The van der Waals surface area contributed by atoms with Crippen LogP contribution in [0.25, 0.3) is 0 Å². The molecule has 0 bridgehead atoms. The number of anilines is 2. The molecule has 0 aromatic heterocycles. The summed E-state index contributed by atoms with van der Waals surface area (Å²) in [6.07, 6.45) is -0.794. The molecule has 2 N–H and O–H groups in total. The summed E-state index contributed by atoms with van der Waals surface area (Å²) in [6, 6.07) is 11.0. The molecule has 2 rings (SSSR count). The Morgan fingerprint density at radius 2 is 1.82 bits per heavy atom. The third-order valence-corrected chi connectivity index (χ3v) is 3.70. The lowest BCUT2D eigenvalue weighted by molar-refractivity contribution is -0.121. The molecule has 0 saturated heterocycles. The van der Waals surface area contributed by atoms with Gasteiger partial charge < -0.3 is 14.8 Å². The first kappa shape index (κ1) is 21.7. The second-order valence-corrected chi connectivity index (χ2v) is 7.36. The van der Waals surface area contributed by atoms with E-state index >= 15 is 0 Å². The van der Waals surface area contributed by atoms with E-state index in [1.807, 2.05) is 6.07 Å². The highest BCUT2D eigenvalue weighted by Gasteiger charge is 2.17. The van der Waals surface area contributed by atoms with Crippen LogP contribution in [0.1, 0.15) is 26.3 Å². The van der Waals surface area contributed by atoms with E-state index in [1.54, 1.807) is 39.0 Å². The molecule has 0 spiro atoms. The summed E-state index contributed by atoms with van der Waals surface area (Å²) in [5.41, 5.74) is 0.246. The summed E-state index contributed by atoms with van der Waals surface area (Å²) in [7, 11) is 0. The summed E-state index contributed by atoms with van der Waals surface area (Å²) >= 11 is 6.02. The maximum absolute atomic E-state index is 13.9. The molecule has 0 saturated carbocycles. The van der Waals surface area contributed by atoms with Crippen molar-refractivity contribution in [2.45, 2.75) is 33.0 Å². The van der Waals surface area contributed by atoms with Gasteiger partial charge in [0, 0.05) is 10.7 Å². The molecular weight excluding hydrogens is 387 g/mol. The minimum absolute atomic E-state index is 0.107. The lowest BCUT2D eigenvalue weighted by Crippen LogP contribution is -2.27. The van der Waals surface area contributed by atoms with Crippen molar-refractivity contribution in [3.63, 3.8) is 0 Å². The molecule has 8 heteroatoms. The van der Waals surface area contributed by atoms with Crippen LogP contribution < -0.4 is 10.6 Å². The molecule has 2 amide bonds. The quantitative estimate of drug-likeness (QED) is 0.706. The molecule has 0 atom stereocenters. The highest BCUT2D eigenvalue weighted by Crippen LogP contribution is 2.21. The fraction of sp³-hybridized carbons (Fsp3) is 0.300. The van der Waals surface area contributed by atoms with Crippen molar-refractivity contribution in [3.8, 4) is 0 Å². The number of nitrogens with one attached hydrogen (secondary N) is 2. The Morgan fingerprint density at radius 1 is 1.11 bits per heavy atom. The monoisotopic (exact) mass is 408 g/mol. The van der Waals surface area contributed by atoms with E-state index in [9.17, 15) is 14.0 Å². The summed E-state index contributed by atoms with van der Waals surface area (Å²) in [4.78, 5) is 23.8. The predicted octanol–water partition coefficient (Wildman–Crippen LogP) is 4.98. The van der Waals surface area contributed by atoms with E-state index in [4.69, 9.17) is 21.1 Å². The normalized spacial score (nSPS) is 11.0. The zero-order valence-corrected chi connectivity index (χ0v) is 16.6. The number of rotatable bonds is 6. The van der Waals surface area contributed by atoms with Crippen molar-refractivity contribution in [1.82, 2.24) is 0 Å². The number of ether oxygens (including phenoxy) is 2. The van der Waals surface area contributed by atoms with Crippen molar-refractivity contribution >= 4 is 35.0 Å². The maximum atomic E-state index is 13.9. The Balaban J connectivity index is 1.90. The van der Waals surface area contributed by atoms with Gasteiger partial charge >= 0.3 is 6.09 Å². The van der Waals surface area contributed by atoms with Crippen LogP contribution >= 0.6 is 11.6 Å². The Kier molecular flexibility index (Phi) is 7.37. The number of carbonyl (C=O) groups is 2. The number of benzene rings is 2. The van der Waals surface area contributed by atoms with E-state index in [0.29, 0.717) is 10.7 Å². The first-order valence-electron chi connectivity index (χ1n) is 8.54. The highest BCUT2D eigenvalue weighted by atomic mass is 35.5. The Labute approximate surface area is 168 Å². The molecule has 0 unspecified atom stereocenters. The van der Waals surface area contributed by atoms with Crippen LogP contribution in [0.5, 0.6) is 0 Å². The second-order valence-electron chi connectivity index (χ2n) is 6.95. The van der Waals surface area contributed by atoms with E-state index in [1.165, 1.54) is 12.1 Å². The van der Waals surface area contributed by atoms with Crippen LogP contribution in [0.4, 0.5) is 20.6 Å². The lowest BCUT2D eigenvalue weighted by atomic mass is 10.2. The van der Waals surface area contributed by atoms with Gasteiger partial charge in [0.05, 0.1) is 12.3 Å². The molecule has 0 radical (unpaired) electrons. The third-order valence-electron chi connectivity index (χ3n) is 3.33. The highest BCUT2D eigenvalue weighted by molar-refractivity contribution is 6.31. The van der Waals surface area contributed by atoms with Crippen molar-refractivity contribution in [3.05, 3.63) is 58.9 Å². The standard InChI is InChI=1S/C20H22ClFN2O4/c1-20(2,3)28-19(26)24-17-10-14(8-9-16(17)22)23-18(25)12-27-11-13-6-4-5-7-15(13)21/h4-10H,11-12H2,1-3H3,(H,23,25)(H,24,26). The summed E-state index contributed by atoms with van der Waals surface area (Å²) < 4.78 is 24.3. The first-order valence-corrected chi connectivity index (χ1v) is 8.92. The molecular formula is C20H22ClFN2O4. The Hall–Kier alpha value is -2.64. The van der Waals surface area contributed by atoms with Crippen LogP contribution in [0, 0.1) is 5.82 Å². The number of carbonyl (C=O) groups excluding carboxylic acids is 2. The summed E-state index contributed by atoms with van der Waals surface area (Å²) in [5, 5.41) is 5.45. The van der Waals surface area contributed by atoms with Gasteiger partial charge in [-0.15, -0.1) is 0 Å². The average Bonchev–Trinajstić information content (AvgIpc) is 2.58. The summed E-state index contributed by atoms with van der Waals surface area (Å²) in [6.45, 7) is 5.06. The van der Waals surface area contributed by atoms with Gasteiger partial charge in [-0.25, -0.2) is 9.18 Å². The van der Waals surface area contributed by atoms with Gasteiger partial charge in [0.25, 0.3) is 0 Å². The molecule has 2 aromatic rings. The van der Waals surface area contributed by atoms with Crippen molar-refractivity contribution in [1.29, 1.82) is 0 Å². The molecule has 150 valence electrons. The van der Waals surface area contributed by atoms with Crippen LogP contribution in [0.3, 0.4) is 0 Å². The van der Waals surface area contributed by atoms with Gasteiger partial charge in [-0.1, -0.05) is 29.8 Å². The SMILES string of the molecule is CC(C)(C)OC(=O)Nc1cc(NC(=O)COCc2ccccc2Cl)ccc1F. The van der Waals surface area contributed by atoms with E-state index in [2.05, 4.69) is 10.6 Å². The Bertz CT molecular complexity index is 852. The van der Waals surface area contributed by atoms with Crippen LogP contribution in [-0.4, -0.2) is 24.2 Å². The smallest absolute Gasteiger partial charge is 0.412 e. The molecule has 0 heterocycles. The van der Waals surface area contributed by atoms with Gasteiger partial charge in [-0.05, 0) is 50.6 Å². The van der Waals surface area contributed by atoms with Crippen LogP contribution in [0.2, 0.25) is 5.02 Å². The first-order chi connectivity index (χ1) is 13.1. The predicted molar refractivity (Wildman–Crippen MR) is 106 cm³/mol. The molecule has 0 fully saturated rings. The number of amides is 2. The third kappa shape index (κ3) is 7.17. The maximum Gasteiger partial charge on any atom is 0.412 e. The zero-order chi connectivity index (χ0) is 20.7. The molecule has 0 aliphatic rings. The van der Waals surface area contributed by atoms with E-state index < -0.39 is 23.4 Å². The van der Waals surface area contributed by atoms with Gasteiger partial charge in [0.1, 0.15) is 18.0 Å². The molecule has 0 aliphatic heterocycles. The number of halogens is 2. The number of hydrogen-bond donors (Lipinski definition) is 2. The fourth-order valence-electron chi connectivity index (χ4n) is 2.18. The molecule has 28 heavy (non-hydrogen) atoms. The fourth-order valence-corrected chi connectivity index (χ4v) is 2.37. The molecule has 2 aromatic carbocycles. The summed E-state index contributed by atoms with van der Waals surface area (Å²) in [5.74, 6) is -1.08. The zero-order valence-electron chi connectivity index (χ0n) is 15.8. The van der Waals surface area contributed by atoms with Gasteiger partial charge in [-0.2, -0.15) is 0 Å². The molecule has 6 nitrogen and oxygen atoms in total. The van der Waals surface area contributed by atoms with E-state index in [-0.39, 0.29) is 18.9 Å². The van der Waals surface area contributed by atoms with Crippen LogP contribution in [-0.2, 0) is 20.9 Å². The number of hydrogen-bond acceptors (Lipinski definition) is 4. The van der Waals surface area contributed by atoms with Crippen LogP contribution in [0.15, 0.2) is 42.5 Å². The van der Waals surface area contributed by atoms with Crippen molar-refractivity contribution in [2.75, 3.05) is 17.2 Å². The largest absolute Gasteiger partial charge is 0.444 e. The Morgan fingerprint density at radius 3 is 2.50 bits per heavy atom. The van der Waals surface area contributed by atoms with Crippen molar-refractivity contribution in [2.24, 2.45) is 0 Å². The van der Waals surface area contributed by atoms with Gasteiger partial charge in [0.15, 0.2) is 0 Å². The second kappa shape index (κ2) is 9.52. The topological polar surface area (TPSA) is 76.7 Å². The minimum atomic E-state index is -0.794. The lowest BCUT2D eigenvalue weighted by Gasteiger charge is -2.20. The minimum Gasteiger partial charge on any atom is -0.444 e. The van der Waals surface area contributed by atoms with E-state index in [0.717, 1.165) is 11.6 Å². The average molecular weight is 409 g/mol. The van der Waals surface area contributed by atoms with Crippen molar-refractivity contribution < 1.29 is 23.5 Å². The molecule has 0 aliphatic carbocycles. The van der Waals surface area contributed by atoms with Gasteiger partial charge in [0.2, 0.25) is 5.91 Å².